The second-order valence-corrected chi connectivity index (χ2v) is 4.46. The minimum atomic E-state index is 0.279. The van der Waals surface area contributed by atoms with Gasteiger partial charge in [0.15, 0.2) is 0 Å². The Morgan fingerprint density at radius 1 is 1.53 bits per heavy atom. The third-order valence-corrected chi connectivity index (χ3v) is 3.38. The Kier molecular flexibility index (Phi) is 2.73. The molecule has 0 bridgehead atoms. The fourth-order valence-corrected chi connectivity index (χ4v) is 2.35. The molecule has 0 fully saturated rings. The smallest absolute Gasteiger partial charge is 0.0798 e. The van der Waals surface area contributed by atoms with Crippen molar-refractivity contribution in [2.24, 2.45) is 7.05 Å². The molecule has 5 heteroatoms. The monoisotopic (exact) mass is 222 g/mol. The summed E-state index contributed by atoms with van der Waals surface area (Å²) in [4.78, 5) is 5.52. The van der Waals surface area contributed by atoms with Crippen LogP contribution < -0.4 is 5.32 Å². The summed E-state index contributed by atoms with van der Waals surface area (Å²) >= 11 is 1.68. The first-order chi connectivity index (χ1) is 7.16. The number of thiazole rings is 1. The molecule has 0 saturated heterocycles. The van der Waals surface area contributed by atoms with Crippen LogP contribution >= 0.6 is 11.3 Å². The normalized spacial score (nSPS) is 12.7. The first kappa shape index (κ1) is 10.2. The van der Waals surface area contributed by atoms with Gasteiger partial charge in [-0.25, -0.2) is 4.98 Å². The molecule has 2 rings (SSSR count). The molecule has 0 aliphatic rings. The number of anilines is 1. The van der Waals surface area contributed by atoms with Gasteiger partial charge in [-0.1, -0.05) is 0 Å². The van der Waals surface area contributed by atoms with Gasteiger partial charge < -0.3 is 5.32 Å². The van der Waals surface area contributed by atoms with Crippen LogP contribution in [-0.4, -0.2) is 14.8 Å². The Hall–Kier alpha value is -1.36. The second-order valence-electron chi connectivity index (χ2n) is 3.57. The van der Waals surface area contributed by atoms with Crippen molar-refractivity contribution < 1.29 is 0 Å². The molecule has 2 heterocycles. The predicted octanol–water partition coefficient (Wildman–Crippen LogP) is 2.36. The van der Waals surface area contributed by atoms with Gasteiger partial charge in [-0.3, -0.25) is 4.68 Å². The first-order valence-electron chi connectivity index (χ1n) is 4.82. The summed E-state index contributed by atoms with van der Waals surface area (Å²) in [6, 6.07) is 0.279. The molecule has 4 nitrogen and oxygen atoms in total. The summed E-state index contributed by atoms with van der Waals surface area (Å²) in [5, 5.41) is 7.51. The summed E-state index contributed by atoms with van der Waals surface area (Å²) in [5.74, 6) is 0. The van der Waals surface area contributed by atoms with Crippen molar-refractivity contribution in [3.8, 4) is 0 Å². The summed E-state index contributed by atoms with van der Waals surface area (Å²) in [6.07, 6.45) is 3.79. The Balaban J connectivity index is 2.10. The van der Waals surface area contributed by atoms with Gasteiger partial charge in [0.1, 0.15) is 0 Å². The van der Waals surface area contributed by atoms with E-state index in [0.29, 0.717) is 0 Å². The van der Waals surface area contributed by atoms with Crippen molar-refractivity contribution in [3.05, 3.63) is 28.5 Å². The maximum Gasteiger partial charge on any atom is 0.0798 e. The minimum absolute atomic E-state index is 0.279. The van der Waals surface area contributed by atoms with Gasteiger partial charge in [-0.05, 0) is 13.8 Å². The first-order valence-corrected chi connectivity index (χ1v) is 5.70. The number of aromatic nitrogens is 3. The summed E-state index contributed by atoms with van der Waals surface area (Å²) < 4.78 is 1.79. The van der Waals surface area contributed by atoms with E-state index in [-0.39, 0.29) is 6.04 Å². The molecule has 15 heavy (non-hydrogen) atoms. The number of nitrogens with one attached hydrogen (secondary N) is 1. The Bertz CT molecular complexity index is 446. The molecule has 1 N–H and O–H groups in total. The van der Waals surface area contributed by atoms with Crippen molar-refractivity contribution in [1.82, 2.24) is 14.8 Å². The number of hydrogen-bond donors (Lipinski definition) is 1. The summed E-state index contributed by atoms with van der Waals surface area (Å²) in [7, 11) is 1.91. The largest absolute Gasteiger partial charge is 0.375 e. The number of rotatable bonds is 3. The highest BCUT2D eigenvalue weighted by Gasteiger charge is 2.11. The van der Waals surface area contributed by atoms with Crippen LogP contribution in [0.2, 0.25) is 0 Å². The molecule has 0 aliphatic heterocycles. The van der Waals surface area contributed by atoms with Crippen LogP contribution in [0.15, 0.2) is 17.9 Å². The van der Waals surface area contributed by atoms with Gasteiger partial charge in [-0.2, -0.15) is 5.10 Å². The van der Waals surface area contributed by atoms with Crippen LogP contribution in [0.5, 0.6) is 0 Å². The van der Waals surface area contributed by atoms with E-state index in [1.54, 1.807) is 16.0 Å². The molecule has 80 valence electrons. The molecule has 1 unspecified atom stereocenters. The lowest BCUT2D eigenvalue weighted by Gasteiger charge is -2.11. The molecule has 0 saturated carbocycles. The van der Waals surface area contributed by atoms with Crippen molar-refractivity contribution >= 4 is 17.0 Å². The third-order valence-electron chi connectivity index (χ3n) is 2.26. The molecule has 0 amide bonds. The van der Waals surface area contributed by atoms with Crippen molar-refractivity contribution in [2.75, 3.05) is 5.32 Å². The van der Waals surface area contributed by atoms with Gasteiger partial charge in [0.25, 0.3) is 0 Å². The van der Waals surface area contributed by atoms with Crippen LogP contribution in [0.1, 0.15) is 23.5 Å². The molecular formula is C10H14N4S. The lowest BCUT2D eigenvalue weighted by molar-refractivity contribution is 0.767. The van der Waals surface area contributed by atoms with E-state index < -0.39 is 0 Å². The van der Waals surface area contributed by atoms with Gasteiger partial charge in [0, 0.05) is 18.1 Å². The number of nitrogens with zero attached hydrogens (tertiary/aromatic N) is 3. The van der Waals surface area contributed by atoms with Crippen LogP contribution in [-0.2, 0) is 7.05 Å². The van der Waals surface area contributed by atoms with E-state index in [0.717, 1.165) is 11.4 Å². The van der Waals surface area contributed by atoms with Crippen molar-refractivity contribution in [3.63, 3.8) is 0 Å². The molecule has 0 radical (unpaired) electrons. The third kappa shape index (κ3) is 2.18. The zero-order valence-electron chi connectivity index (χ0n) is 9.06. The summed E-state index contributed by atoms with van der Waals surface area (Å²) in [5.41, 5.74) is 4.02. The standard InChI is InChI=1S/C10H14N4S/c1-7-10(15-6-11-7)8(2)13-9-4-12-14(3)5-9/h4-6,8,13H,1-3H3. The van der Waals surface area contributed by atoms with Crippen molar-refractivity contribution in [1.29, 1.82) is 0 Å². The highest BCUT2D eigenvalue weighted by Crippen LogP contribution is 2.24. The topological polar surface area (TPSA) is 42.7 Å². The fraction of sp³-hybridized carbons (Fsp3) is 0.400. The molecule has 0 aromatic carbocycles. The second kappa shape index (κ2) is 4.02. The predicted molar refractivity (Wildman–Crippen MR) is 62.1 cm³/mol. The van der Waals surface area contributed by atoms with E-state index >= 15 is 0 Å². The maximum atomic E-state index is 4.24. The van der Waals surface area contributed by atoms with Crippen LogP contribution in [0.4, 0.5) is 5.69 Å². The molecule has 2 aromatic rings. The quantitative estimate of drug-likeness (QED) is 0.867. The highest BCUT2D eigenvalue weighted by molar-refractivity contribution is 7.09. The SMILES string of the molecule is Cc1ncsc1C(C)Nc1cnn(C)c1. The number of aryl methyl sites for hydroxylation is 2. The summed E-state index contributed by atoms with van der Waals surface area (Å²) in [6.45, 7) is 4.17. The van der Waals surface area contributed by atoms with E-state index in [4.69, 9.17) is 0 Å². The van der Waals surface area contributed by atoms with Crippen LogP contribution in [0.3, 0.4) is 0 Å². The van der Waals surface area contributed by atoms with Crippen molar-refractivity contribution in [2.45, 2.75) is 19.9 Å². The van der Waals surface area contributed by atoms with E-state index in [1.807, 2.05) is 31.9 Å². The fourth-order valence-electron chi connectivity index (χ4n) is 1.54. The zero-order valence-corrected chi connectivity index (χ0v) is 9.88. The van der Waals surface area contributed by atoms with E-state index in [9.17, 15) is 0 Å². The van der Waals surface area contributed by atoms with E-state index in [2.05, 4.69) is 22.3 Å². The van der Waals surface area contributed by atoms with Crippen LogP contribution in [0.25, 0.3) is 0 Å². The lowest BCUT2D eigenvalue weighted by atomic mass is 10.2. The molecule has 0 aliphatic carbocycles. The van der Waals surface area contributed by atoms with E-state index in [1.165, 1.54) is 4.88 Å². The van der Waals surface area contributed by atoms with Gasteiger partial charge in [-0.15, -0.1) is 11.3 Å². The van der Waals surface area contributed by atoms with Gasteiger partial charge >= 0.3 is 0 Å². The van der Waals surface area contributed by atoms with Gasteiger partial charge in [0.05, 0.1) is 29.1 Å². The molecule has 1 atom stereocenters. The highest BCUT2D eigenvalue weighted by atomic mass is 32.1. The Morgan fingerprint density at radius 2 is 2.33 bits per heavy atom. The van der Waals surface area contributed by atoms with Gasteiger partial charge in [0.2, 0.25) is 0 Å². The minimum Gasteiger partial charge on any atom is -0.375 e. The maximum absolute atomic E-state index is 4.24. The lowest BCUT2D eigenvalue weighted by Crippen LogP contribution is -2.05. The zero-order chi connectivity index (χ0) is 10.8. The number of hydrogen-bond acceptors (Lipinski definition) is 4. The van der Waals surface area contributed by atoms with Crippen LogP contribution in [0, 0.1) is 6.92 Å². The molecular weight excluding hydrogens is 208 g/mol. The Labute approximate surface area is 93.0 Å². The average molecular weight is 222 g/mol. The molecule has 0 spiro atoms. The average Bonchev–Trinajstić information content (AvgIpc) is 2.75. The Morgan fingerprint density at radius 3 is 2.87 bits per heavy atom. The molecule has 2 aromatic heterocycles.